The SMILES string of the molecule is CC(Sc1cccc(NC(=O)/C(=C/c2ccco2)NC(=O)c2ccccc2)c1)C(=O)Nc1ccc(Cl)cn1. The van der Waals surface area contributed by atoms with E-state index in [1.165, 1.54) is 30.3 Å². The molecular weight excluding hydrogens is 524 g/mol. The van der Waals surface area contributed by atoms with Crippen molar-refractivity contribution in [3.8, 4) is 0 Å². The van der Waals surface area contributed by atoms with Crippen LogP contribution in [0.3, 0.4) is 0 Å². The van der Waals surface area contributed by atoms with Crippen molar-refractivity contribution in [1.29, 1.82) is 0 Å². The van der Waals surface area contributed by atoms with Gasteiger partial charge in [-0.05, 0) is 61.5 Å². The predicted molar refractivity (Wildman–Crippen MR) is 149 cm³/mol. The van der Waals surface area contributed by atoms with Crippen LogP contribution in [0.25, 0.3) is 6.08 Å². The topological polar surface area (TPSA) is 113 Å². The van der Waals surface area contributed by atoms with Crippen LogP contribution in [0.4, 0.5) is 11.5 Å². The summed E-state index contributed by atoms with van der Waals surface area (Å²) in [6.07, 6.45) is 4.38. The molecule has 0 radical (unpaired) electrons. The van der Waals surface area contributed by atoms with Gasteiger partial charge in [-0.15, -0.1) is 11.8 Å². The quantitative estimate of drug-likeness (QED) is 0.179. The zero-order valence-corrected chi connectivity index (χ0v) is 21.8. The van der Waals surface area contributed by atoms with Crippen LogP contribution in [0.5, 0.6) is 0 Å². The van der Waals surface area contributed by atoms with Gasteiger partial charge in [-0.2, -0.15) is 0 Å². The van der Waals surface area contributed by atoms with Crippen molar-refractivity contribution < 1.29 is 18.8 Å². The average Bonchev–Trinajstić information content (AvgIpc) is 3.43. The van der Waals surface area contributed by atoms with Crippen LogP contribution in [0.1, 0.15) is 23.0 Å². The first-order valence-electron chi connectivity index (χ1n) is 11.5. The van der Waals surface area contributed by atoms with E-state index in [1.54, 1.807) is 79.7 Å². The number of furan rings is 1. The molecule has 2 aromatic carbocycles. The van der Waals surface area contributed by atoms with Gasteiger partial charge >= 0.3 is 0 Å². The van der Waals surface area contributed by atoms with E-state index in [0.29, 0.717) is 27.9 Å². The fourth-order valence-corrected chi connectivity index (χ4v) is 4.28. The second-order valence-electron chi connectivity index (χ2n) is 7.99. The van der Waals surface area contributed by atoms with Gasteiger partial charge in [-0.25, -0.2) is 4.98 Å². The Labute approximate surface area is 228 Å². The highest BCUT2D eigenvalue weighted by molar-refractivity contribution is 8.00. The lowest BCUT2D eigenvalue weighted by Gasteiger charge is -2.14. The largest absolute Gasteiger partial charge is 0.465 e. The molecule has 38 heavy (non-hydrogen) atoms. The molecule has 3 amide bonds. The Hall–Kier alpha value is -4.34. The Kier molecular flexibility index (Phi) is 8.97. The molecule has 192 valence electrons. The first kappa shape index (κ1) is 26.7. The molecule has 0 bridgehead atoms. The van der Waals surface area contributed by atoms with Crippen LogP contribution in [0.2, 0.25) is 5.02 Å². The van der Waals surface area contributed by atoms with Gasteiger partial charge in [0.05, 0.1) is 16.5 Å². The Bertz CT molecular complexity index is 1440. The Morgan fingerprint density at radius 3 is 2.50 bits per heavy atom. The third kappa shape index (κ3) is 7.58. The van der Waals surface area contributed by atoms with Crippen LogP contribution in [-0.4, -0.2) is 28.0 Å². The molecule has 4 rings (SSSR count). The van der Waals surface area contributed by atoms with E-state index >= 15 is 0 Å². The molecule has 0 aliphatic heterocycles. The summed E-state index contributed by atoms with van der Waals surface area (Å²) in [5, 5.41) is 8.24. The number of nitrogens with one attached hydrogen (secondary N) is 3. The lowest BCUT2D eigenvalue weighted by Crippen LogP contribution is -2.30. The van der Waals surface area contributed by atoms with Gasteiger partial charge in [0.15, 0.2) is 0 Å². The summed E-state index contributed by atoms with van der Waals surface area (Å²) in [6, 6.07) is 22.3. The smallest absolute Gasteiger partial charge is 0.272 e. The monoisotopic (exact) mass is 546 g/mol. The maximum atomic E-state index is 13.2. The molecule has 2 heterocycles. The number of rotatable bonds is 9. The van der Waals surface area contributed by atoms with Gasteiger partial charge in [-0.3, -0.25) is 14.4 Å². The van der Waals surface area contributed by atoms with Crippen LogP contribution >= 0.6 is 23.4 Å². The molecule has 0 saturated heterocycles. The van der Waals surface area contributed by atoms with E-state index in [-0.39, 0.29) is 11.6 Å². The number of aromatic nitrogens is 1. The normalized spacial score (nSPS) is 11.9. The summed E-state index contributed by atoms with van der Waals surface area (Å²) in [5.41, 5.74) is 0.909. The van der Waals surface area contributed by atoms with Crippen molar-refractivity contribution in [2.75, 3.05) is 10.6 Å². The van der Waals surface area contributed by atoms with Gasteiger partial charge in [0.1, 0.15) is 17.3 Å². The minimum absolute atomic E-state index is 0.00932. The van der Waals surface area contributed by atoms with E-state index in [0.717, 1.165) is 4.90 Å². The minimum atomic E-state index is -0.535. The first-order valence-corrected chi connectivity index (χ1v) is 12.8. The minimum Gasteiger partial charge on any atom is -0.465 e. The van der Waals surface area contributed by atoms with Crippen molar-refractivity contribution in [3.63, 3.8) is 0 Å². The Morgan fingerprint density at radius 2 is 1.79 bits per heavy atom. The Balaban J connectivity index is 1.44. The molecule has 0 spiro atoms. The number of hydrogen-bond acceptors (Lipinski definition) is 6. The van der Waals surface area contributed by atoms with E-state index in [2.05, 4.69) is 20.9 Å². The number of hydrogen-bond donors (Lipinski definition) is 3. The third-order valence-electron chi connectivity index (χ3n) is 5.11. The fraction of sp³-hybridized carbons (Fsp3) is 0.0714. The predicted octanol–water partition coefficient (Wildman–Crippen LogP) is 5.86. The molecule has 0 aliphatic carbocycles. The van der Waals surface area contributed by atoms with Crippen molar-refractivity contribution in [3.05, 3.63) is 113 Å². The Morgan fingerprint density at radius 1 is 0.974 bits per heavy atom. The van der Waals surface area contributed by atoms with Gasteiger partial charge < -0.3 is 20.4 Å². The zero-order chi connectivity index (χ0) is 26.9. The third-order valence-corrected chi connectivity index (χ3v) is 6.43. The number of thioether (sulfide) groups is 1. The van der Waals surface area contributed by atoms with Crippen molar-refractivity contribution in [2.24, 2.45) is 0 Å². The van der Waals surface area contributed by atoms with Gasteiger partial charge in [0, 0.05) is 28.4 Å². The molecule has 3 N–H and O–H groups in total. The first-order chi connectivity index (χ1) is 18.4. The van der Waals surface area contributed by atoms with Crippen molar-refractivity contribution in [1.82, 2.24) is 10.3 Å². The van der Waals surface area contributed by atoms with E-state index in [9.17, 15) is 14.4 Å². The van der Waals surface area contributed by atoms with E-state index < -0.39 is 17.1 Å². The van der Waals surface area contributed by atoms with Crippen LogP contribution in [0.15, 0.2) is 106 Å². The number of nitrogens with zero attached hydrogens (tertiary/aromatic N) is 1. The summed E-state index contributed by atoms with van der Waals surface area (Å²) in [5.74, 6) is -0.388. The number of halogens is 1. The molecule has 4 aromatic rings. The number of anilines is 2. The highest BCUT2D eigenvalue weighted by Crippen LogP contribution is 2.27. The van der Waals surface area contributed by atoms with Crippen LogP contribution in [0, 0.1) is 0 Å². The van der Waals surface area contributed by atoms with Crippen molar-refractivity contribution >= 4 is 58.7 Å². The zero-order valence-electron chi connectivity index (χ0n) is 20.2. The number of benzene rings is 2. The maximum Gasteiger partial charge on any atom is 0.272 e. The summed E-state index contributed by atoms with van der Waals surface area (Å²) < 4.78 is 5.33. The second kappa shape index (κ2) is 12.8. The lowest BCUT2D eigenvalue weighted by molar-refractivity contribution is -0.115. The van der Waals surface area contributed by atoms with Crippen molar-refractivity contribution in [2.45, 2.75) is 17.1 Å². The number of amides is 3. The number of carbonyl (C=O) groups is 3. The molecule has 0 aliphatic rings. The lowest BCUT2D eigenvalue weighted by atomic mass is 10.2. The fourth-order valence-electron chi connectivity index (χ4n) is 3.24. The summed E-state index contributed by atoms with van der Waals surface area (Å²) in [4.78, 5) is 43.3. The molecule has 2 aromatic heterocycles. The molecule has 1 atom stereocenters. The highest BCUT2D eigenvalue weighted by atomic mass is 35.5. The van der Waals surface area contributed by atoms with Crippen LogP contribution in [-0.2, 0) is 9.59 Å². The molecule has 1 unspecified atom stereocenters. The van der Waals surface area contributed by atoms with Gasteiger partial charge in [0.25, 0.3) is 11.8 Å². The molecule has 10 heteroatoms. The van der Waals surface area contributed by atoms with Gasteiger partial charge in [0.2, 0.25) is 5.91 Å². The maximum absolute atomic E-state index is 13.2. The molecule has 0 saturated carbocycles. The summed E-state index contributed by atoms with van der Waals surface area (Å²) in [7, 11) is 0. The number of carbonyl (C=O) groups excluding carboxylic acids is 3. The van der Waals surface area contributed by atoms with Crippen LogP contribution < -0.4 is 16.0 Å². The number of pyridine rings is 1. The summed E-state index contributed by atoms with van der Waals surface area (Å²) >= 11 is 7.16. The van der Waals surface area contributed by atoms with Gasteiger partial charge in [-0.1, -0.05) is 35.9 Å². The molecular formula is C28H23ClN4O4S. The molecule has 8 nitrogen and oxygen atoms in total. The van der Waals surface area contributed by atoms with E-state index in [4.69, 9.17) is 16.0 Å². The summed E-state index contributed by atoms with van der Waals surface area (Å²) in [6.45, 7) is 1.77. The standard InChI is InChI=1S/C28H23ClN4O4S/c1-18(26(34)33-25-13-12-20(29)17-30-25)38-23-11-5-9-21(15-23)31-28(36)24(16-22-10-6-14-37-22)32-27(35)19-7-3-2-4-8-19/h2-18H,1H3,(H,31,36)(H,32,35)(H,30,33,34)/b24-16-. The second-order valence-corrected chi connectivity index (χ2v) is 9.84. The highest BCUT2D eigenvalue weighted by Gasteiger charge is 2.18. The average molecular weight is 547 g/mol. The molecule has 0 fully saturated rings. The van der Waals surface area contributed by atoms with E-state index in [1.807, 2.05) is 6.07 Å².